The molecule has 1 aromatic heterocycles. The van der Waals surface area contributed by atoms with E-state index in [9.17, 15) is 4.79 Å². The number of carbonyl (C=O) groups is 1. The van der Waals surface area contributed by atoms with E-state index in [1.165, 1.54) is 0 Å². The summed E-state index contributed by atoms with van der Waals surface area (Å²) >= 11 is 1.62. The molecule has 1 saturated heterocycles. The molecule has 7 heteroatoms. The normalized spacial score (nSPS) is 15.8. The average molecular weight is 331 g/mol. The summed E-state index contributed by atoms with van der Waals surface area (Å²) in [6.45, 7) is 5.14. The van der Waals surface area contributed by atoms with E-state index in [4.69, 9.17) is 0 Å². The molecule has 1 aliphatic heterocycles. The second-order valence-corrected chi connectivity index (χ2v) is 6.34. The first kappa shape index (κ1) is 16.0. The van der Waals surface area contributed by atoms with Gasteiger partial charge in [0.15, 0.2) is 0 Å². The molecule has 3 rings (SSSR count). The van der Waals surface area contributed by atoms with E-state index in [1.54, 1.807) is 24.4 Å². The molecule has 0 saturated carbocycles. The molecule has 0 unspecified atom stereocenters. The Hall–Kier alpha value is -1.86. The van der Waals surface area contributed by atoms with Crippen molar-refractivity contribution in [1.29, 1.82) is 0 Å². The van der Waals surface area contributed by atoms with Crippen LogP contribution in [0.2, 0.25) is 0 Å². The molecule has 0 radical (unpaired) electrons. The summed E-state index contributed by atoms with van der Waals surface area (Å²) in [4.78, 5) is 22.0. The minimum absolute atomic E-state index is 0.144. The molecule has 1 aliphatic rings. The molecule has 0 aliphatic carbocycles. The first-order valence-corrected chi connectivity index (χ1v) is 8.97. The molecular weight excluding hydrogens is 310 g/mol. The number of amides is 1. The number of hydrogen-bond donors (Lipinski definition) is 0. The van der Waals surface area contributed by atoms with Crippen molar-refractivity contribution in [3.63, 3.8) is 0 Å². The molecule has 6 nitrogen and oxygen atoms in total. The first-order chi connectivity index (χ1) is 11.3. The standard InChI is InChI=1S/C16H21N5OS/c1-23-15-5-3-2-4-14(15)16(22)20-9-6-19(7-10-20)8-11-21-13-17-12-18-21/h2-5,12-13H,6-11H2,1H3. The molecule has 1 fully saturated rings. The van der Waals surface area contributed by atoms with Crippen molar-refractivity contribution in [1.82, 2.24) is 24.6 Å². The molecule has 0 atom stereocenters. The minimum atomic E-state index is 0.144. The van der Waals surface area contributed by atoms with Crippen molar-refractivity contribution < 1.29 is 4.79 Å². The SMILES string of the molecule is CSc1ccccc1C(=O)N1CCN(CCn2cncn2)CC1. The minimum Gasteiger partial charge on any atom is -0.336 e. The Kier molecular flexibility index (Phi) is 5.30. The zero-order chi connectivity index (χ0) is 16.1. The lowest BCUT2D eigenvalue weighted by molar-refractivity contribution is 0.0628. The van der Waals surface area contributed by atoms with Crippen LogP contribution in [0.5, 0.6) is 0 Å². The predicted octanol–water partition coefficient (Wildman–Crippen LogP) is 1.46. The van der Waals surface area contributed by atoms with Crippen LogP contribution in [0.15, 0.2) is 41.8 Å². The number of nitrogens with zero attached hydrogens (tertiary/aromatic N) is 5. The fourth-order valence-electron chi connectivity index (χ4n) is 2.76. The second-order valence-electron chi connectivity index (χ2n) is 5.49. The second kappa shape index (κ2) is 7.61. The third-order valence-electron chi connectivity index (χ3n) is 4.11. The molecule has 1 aromatic carbocycles. The lowest BCUT2D eigenvalue weighted by atomic mass is 10.2. The van der Waals surface area contributed by atoms with Gasteiger partial charge in [0.1, 0.15) is 12.7 Å². The highest BCUT2D eigenvalue weighted by Crippen LogP contribution is 2.21. The molecule has 1 amide bonds. The van der Waals surface area contributed by atoms with E-state index in [1.807, 2.05) is 40.1 Å². The molecule has 23 heavy (non-hydrogen) atoms. The van der Waals surface area contributed by atoms with Crippen LogP contribution < -0.4 is 0 Å². The third kappa shape index (κ3) is 3.92. The van der Waals surface area contributed by atoms with Gasteiger partial charge in [0.05, 0.1) is 12.1 Å². The van der Waals surface area contributed by atoms with E-state index >= 15 is 0 Å². The van der Waals surface area contributed by atoms with Gasteiger partial charge in [0.2, 0.25) is 0 Å². The smallest absolute Gasteiger partial charge is 0.255 e. The molecule has 0 spiro atoms. The molecule has 0 N–H and O–H groups in total. The predicted molar refractivity (Wildman–Crippen MR) is 90.6 cm³/mol. The van der Waals surface area contributed by atoms with Gasteiger partial charge in [0.25, 0.3) is 5.91 Å². The van der Waals surface area contributed by atoms with Crippen molar-refractivity contribution in [3.8, 4) is 0 Å². The van der Waals surface area contributed by atoms with Crippen molar-refractivity contribution >= 4 is 17.7 Å². The molecular formula is C16H21N5OS. The number of aromatic nitrogens is 3. The van der Waals surface area contributed by atoms with Crippen molar-refractivity contribution in [2.45, 2.75) is 11.4 Å². The number of piperazine rings is 1. The Bertz CT molecular complexity index is 638. The summed E-state index contributed by atoms with van der Waals surface area (Å²) in [5.74, 6) is 0.144. The number of rotatable bonds is 5. The summed E-state index contributed by atoms with van der Waals surface area (Å²) in [7, 11) is 0. The maximum atomic E-state index is 12.7. The van der Waals surface area contributed by atoms with Crippen molar-refractivity contribution in [2.24, 2.45) is 0 Å². The summed E-state index contributed by atoms with van der Waals surface area (Å²) in [5, 5.41) is 4.11. The zero-order valence-electron chi connectivity index (χ0n) is 13.3. The Morgan fingerprint density at radius 2 is 1.96 bits per heavy atom. The van der Waals surface area contributed by atoms with Crippen LogP contribution in [0.3, 0.4) is 0 Å². The topological polar surface area (TPSA) is 54.3 Å². The fourth-order valence-corrected chi connectivity index (χ4v) is 3.35. The average Bonchev–Trinajstić information content (AvgIpc) is 3.13. The monoisotopic (exact) mass is 331 g/mol. The van der Waals surface area contributed by atoms with Crippen molar-refractivity contribution in [3.05, 3.63) is 42.5 Å². The quantitative estimate of drug-likeness (QED) is 0.777. The molecule has 0 bridgehead atoms. The molecule has 122 valence electrons. The van der Waals surface area contributed by atoms with Gasteiger partial charge in [-0.05, 0) is 18.4 Å². The van der Waals surface area contributed by atoms with E-state index in [0.717, 1.165) is 49.7 Å². The zero-order valence-corrected chi connectivity index (χ0v) is 14.1. The Balaban J connectivity index is 1.53. The van der Waals surface area contributed by atoms with Crippen LogP contribution in [0.4, 0.5) is 0 Å². The van der Waals surface area contributed by atoms with Gasteiger partial charge in [-0.3, -0.25) is 14.4 Å². The van der Waals surface area contributed by atoms with Crippen LogP contribution in [0.25, 0.3) is 0 Å². The highest BCUT2D eigenvalue weighted by atomic mass is 32.2. The number of thioether (sulfide) groups is 1. The lowest BCUT2D eigenvalue weighted by Crippen LogP contribution is -2.49. The Morgan fingerprint density at radius 3 is 2.65 bits per heavy atom. The number of hydrogen-bond acceptors (Lipinski definition) is 5. The lowest BCUT2D eigenvalue weighted by Gasteiger charge is -2.35. The van der Waals surface area contributed by atoms with Crippen molar-refractivity contribution in [2.75, 3.05) is 39.0 Å². The highest BCUT2D eigenvalue weighted by molar-refractivity contribution is 7.98. The van der Waals surface area contributed by atoms with Crippen LogP contribution >= 0.6 is 11.8 Å². The van der Waals surface area contributed by atoms with Gasteiger partial charge in [-0.25, -0.2) is 4.98 Å². The van der Waals surface area contributed by atoms with Gasteiger partial charge in [-0.15, -0.1) is 11.8 Å². The first-order valence-electron chi connectivity index (χ1n) is 7.75. The van der Waals surface area contributed by atoms with Crippen LogP contribution in [0, 0.1) is 0 Å². The summed E-state index contributed by atoms with van der Waals surface area (Å²) in [6.07, 6.45) is 5.30. The van der Waals surface area contributed by atoms with Crippen LogP contribution in [-0.2, 0) is 6.54 Å². The largest absolute Gasteiger partial charge is 0.336 e. The van der Waals surface area contributed by atoms with Gasteiger partial charge in [0, 0.05) is 37.6 Å². The van der Waals surface area contributed by atoms with Gasteiger partial charge < -0.3 is 4.90 Å². The highest BCUT2D eigenvalue weighted by Gasteiger charge is 2.23. The van der Waals surface area contributed by atoms with E-state index in [-0.39, 0.29) is 5.91 Å². The molecule has 2 heterocycles. The van der Waals surface area contributed by atoms with Gasteiger partial charge >= 0.3 is 0 Å². The van der Waals surface area contributed by atoms with E-state index in [0.29, 0.717) is 0 Å². The number of carbonyl (C=O) groups excluding carboxylic acids is 1. The molecule has 2 aromatic rings. The maximum Gasteiger partial charge on any atom is 0.255 e. The maximum absolute atomic E-state index is 12.7. The Labute approximate surface area is 140 Å². The summed E-state index contributed by atoms with van der Waals surface area (Å²) < 4.78 is 1.84. The van der Waals surface area contributed by atoms with Crippen LogP contribution in [-0.4, -0.2) is 69.5 Å². The van der Waals surface area contributed by atoms with E-state index in [2.05, 4.69) is 15.0 Å². The van der Waals surface area contributed by atoms with Gasteiger partial charge in [-0.2, -0.15) is 5.10 Å². The summed E-state index contributed by atoms with van der Waals surface area (Å²) in [6, 6.07) is 7.84. The fraction of sp³-hybridized carbons (Fsp3) is 0.438. The Morgan fingerprint density at radius 1 is 1.17 bits per heavy atom. The number of benzene rings is 1. The summed E-state index contributed by atoms with van der Waals surface area (Å²) in [5.41, 5.74) is 0.816. The van der Waals surface area contributed by atoms with Crippen LogP contribution in [0.1, 0.15) is 10.4 Å². The van der Waals surface area contributed by atoms with Gasteiger partial charge in [-0.1, -0.05) is 12.1 Å². The third-order valence-corrected chi connectivity index (χ3v) is 4.90. The van der Waals surface area contributed by atoms with E-state index < -0.39 is 0 Å².